The van der Waals surface area contributed by atoms with E-state index >= 15 is 0 Å². The van der Waals surface area contributed by atoms with Crippen LogP contribution in [0.1, 0.15) is 6.92 Å². The Morgan fingerprint density at radius 1 is 1.30 bits per heavy atom. The molecule has 0 fully saturated rings. The second-order valence-corrected chi connectivity index (χ2v) is 1.98. The summed E-state index contributed by atoms with van der Waals surface area (Å²) in [6, 6.07) is 9.99. The predicted octanol–water partition coefficient (Wildman–Crippen LogP) is 0.968. The van der Waals surface area contributed by atoms with E-state index < -0.39 is 0 Å². The van der Waals surface area contributed by atoms with E-state index in [9.17, 15) is 0 Å². The molecule has 0 saturated heterocycles. The third kappa shape index (κ3) is 2.23. The minimum atomic E-state index is 0.731. The van der Waals surface area contributed by atoms with E-state index in [1.165, 1.54) is 0 Å². The predicted molar refractivity (Wildman–Crippen MR) is 43.5 cm³/mol. The van der Waals surface area contributed by atoms with E-state index in [1.54, 1.807) is 7.48 Å². The highest BCUT2D eigenvalue weighted by Crippen LogP contribution is 1.81. The van der Waals surface area contributed by atoms with Gasteiger partial charge < -0.3 is 4.65 Å². The van der Waals surface area contributed by atoms with Crippen LogP contribution in [0, 0.1) is 0 Å². The summed E-state index contributed by atoms with van der Waals surface area (Å²) in [6.45, 7) is 2.70. The van der Waals surface area contributed by atoms with Crippen molar-refractivity contribution < 1.29 is 4.65 Å². The summed E-state index contributed by atoms with van der Waals surface area (Å²) in [4.78, 5) is 0. The zero-order chi connectivity index (χ0) is 7.23. The number of hydrogen-bond acceptors (Lipinski definition) is 1. The van der Waals surface area contributed by atoms with Crippen LogP contribution < -0.4 is 5.46 Å². The van der Waals surface area contributed by atoms with Crippen LogP contribution in [0.4, 0.5) is 0 Å². The second-order valence-electron chi connectivity index (χ2n) is 1.98. The Bertz CT molecular complexity index is 174. The summed E-state index contributed by atoms with van der Waals surface area (Å²) in [5.74, 6) is 0. The normalized spacial score (nSPS) is 9.30. The van der Waals surface area contributed by atoms with Gasteiger partial charge in [-0.3, -0.25) is 0 Å². The van der Waals surface area contributed by atoms with Crippen LogP contribution in [0.5, 0.6) is 0 Å². The first kappa shape index (κ1) is 7.35. The van der Waals surface area contributed by atoms with Gasteiger partial charge in [-0.15, -0.1) is 0 Å². The number of benzene rings is 1. The van der Waals surface area contributed by atoms with Gasteiger partial charge in [0.2, 0.25) is 0 Å². The summed E-state index contributed by atoms with van der Waals surface area (Å²) >= 11 is 0. The van der Waals surface area contributed by atoms with Crippen molar-refractivity contribution in [3.8, 4) is 0 Å². The maximum atomic E-state index is 5.09. The van der Waals surface area contributed by atoms with Crippen molar-refractivity contribution in [3.05, 3.63) is 30.3 Å². The van der Waals surface area contributed by atoms with E-state index in [2.05, 4.69) is 0 Å². The molecular formula is C8H10BO. The van der Waals surface area contributed by atoms with Crippen molar-refractivity contribution in [2.45, 2.75) is 6.92 Å². The first-order valence-electron chi connectivity index (χ1n) is 3.43. The fourth-order valence-electron chi connectivity index (χ4n) is 0.711. The molecule has 1 nitrogen and oxygen atoms in total. The lowest BCUT2D eigenvalue weighted by atomic mass is 9.88. The van der Waals surface area contributed by atoms with E-state index in [0.717, 1.165) is 12.1 Å². The number of hydrogen-bond donors (Lipinski definition) is 0. The van der Waals surface area contributed by atoms with Gasteiger partial charge in [-0.05, 0) is 6.92 Å². The smallest absolute Gasteiger partial charge is 0.329 e. The Hall–Kier alpha value is -0.755. The lowest BCUT2D eigenvalue weighted by Gasteiger charge is -1.96. The number of rotatable bonds is 3. The molecule has 0 aliphatic carbocycles. The zero-order valence-corrected chi connectivity index (χ0v) is 6.08. The Morgan fingerprint density at radius 3 is 2.60 bits per heavy atom. The third-order valence-corrected chi connectivity index (χ3v) is 1.19. The van der Waals surface area contributed by atoms with Crippen LogP contribution in [0.25, 0.3) is 0 Å². The third-order valence-electron chi connectivity index (χ3n) is 1.19. The maximum absolute atomic E-state index is 5.09. The first-order valence-corrected chi connectivity index (χ1v) is 3.43. The molecule has 0 aliphatic rings. The molecule has 1 aromatic rings. The van der Waals surface area contributed by atoms with Crippen LogP contribution in [0.15, 0.2) is 30.3 Å². The highest BCUT2D eigenvalue weighted by Gasteiger charge is 1.91. The summed E-state index contributed by atoms with van der Waals surface area (Å²) < 4.78 is 5.09. The molecule has 0 spiro atoms. The first-order chi connectivity index (χ1) is 4.93. The Balaban J connectivity index is 2.43. The summed E-state index contributed by atoms with van der Waals surface area (Å²) in [5.41, 5.74) is 1.12. The Morgan fingerprint density at radius 2 is 2.00 bits per heavy atom. The van der Waals surface area contributed by atoms with Gasteiger partial charge in [0.15, 0.2) is 0 Å². The molecule has 0 saturated carbocycles. The minimum absolute atomic E-state index is 0.731. The van der Waals surface area contributed by atoms with Crippen molar-refractivity contribution in [2.24, 2.45) is 0 Å². The molecule has 1 aromatic carbocycles. The molecule has 0 bridgehead atoms. The van der Waals surface area contributed by atoms with E-state index in [0.29, 0.717) is 0 Å². The zero-order valence-electron chi connectivity index (χ0n) is 6.08. The average Bonchev–Trinajstić information content (AvgIpc) is 2.03. The minimum Gasteiger partial charge on any atom is -0.434 e. The van der Waals surface area contributed by atoms with Crippen molar-refractivity contribution in [1.82, 2.24) is 0 Å². The molecule has 2 heteroatoms. The lowest BCUT2D eigenvalue weighted by molar-refractivity contribution is 0.367. The van der Waals surface area contributed by atoms with Gasteiger partial charge >= 0.3 is 7.48 Å². The van der Waals surface area contributed by atoms with Gasteiger partial charge in [0.05, 0.1) is 0 Å². The largest absolute Gasteiger partial charge is 0.434 e. The summed E-state index contributed by atoms with van der Waals surface area (Å²) in [7, 11) is 1.76. The molecule has 0 unspecified atom stereocenters. The van der Waals surface area contributed by atoms with Crippen LogP contribution in [0.3, 0.4) is 0 Å². The van der Waals surface area contributed by atoms with Gasteiger partial charge in [-0.2, -0.15) is 0 Å². The topological polar surface area (TPSA) is 9.23 Å². The van der Waals surface area contributed by atoms with Crippen LogP contribution in [0.2, 0.25) is 0 Å². The summed E-state index contributed by atoms with van der Waals surface area (Å²) in [5, 5.41) is 0. The van der Waals surface area contributed by atoms with Gasteiger partial charge in [0.25, 0.3) is 0 Å². The highest BCUT2D eigenvalue weighted by atomic mass is 16.4. The molecule has 51 valence electrons. The van der Waals surface area contributed by atoms with E-state index in [-0.39, 0.29) is 0 Å². The van der Waals surface area contributed by atoms with Gasteiger partial charge in [0.1, 0.15) is 0 Å². The van der Waals surface area contributed by atoms with Crippen molar-refractivity contribution in [1.29, 1.82) is 0 Å². The van der Waals surface area contributed by atoms with E-state index in [4.69, 9.17) is 4.65 Å². The van der Waals surface area contributed by atoms with E-state index in [1.807, 2.05) is 37.3 Å². The standard InChI is InChI=1S/C8H10BO/c1-2-10-9-8-6-4-3-5-7-8/h3-7H,2H2,1H3. The highest BCUT2D eigenvalue weighted by molar-refractivity contribution is 6.46. The maximum Gasteiger partial charge on any atom is 0.329 e. The van der Waals surface area contributed by atoms with Crippen molar-refractivity contribution >= 4 is 12.9 Å². The Kier molecular flexibility index (Phi) is 3.03. The molecular weight excluding hydrogens is 123 g/mol. The molecule has 1 rings (SSSR count). The molecule has 0 atom stereocenters. The fourth-order valence-corrected chi connectivity index (χ4v) is 0.711. The molecule has 1 radical (unpaired) electrons. The van der Waals surface area contributed by atoms with Crippen molar-refractivity contribution in [3.63, 3.8) is 0 Å². The molecule has 0 heterocycles. The molecule has 0 amide bonds. The average molecular weight is 133 g/mol. The monoisotopic (exact) mass is 133 g/mol. The molecule has 0 aliphatic heterocycles. The van der Waals surface area contributed by atoms with Gasteiger partial charge in [0, 0.05) is 6.61 Å². The second kappa shape index (κ2) is 4.12. The van der Waals surface area contributed by atoms with Crippen LogP contribution in [-0.4, -0.2) is 14.1 Å². The molecule has 0 N–H and O–H groups in total. The van der Waals surface area contributed by atoms with Crippen molar-refractivity contribution in [2.75, 3.05) is 6.61 Å². The fraction of sp³-hybridized carbons (Fsp3) is 0.250. The van der Waals surface area contributed by atoms with Gasteiger partial charge in [-0.1, -0.05) is 35.8 Å². The molecule has 0 aromatic heterocycles. The Labute approximate surface area is 62.3 Å². The SMILES string of the molecule is CCO[B]c1ccccc1. The van der Waals surface area contributed by atoms with Gasteiger partial charge in [-0.25, -0.2) is 0 Å². The van der Waals surface area contributed by atoms with Crippen LogP contribution in [-0.2, 0) is 4.65 Å². The summed E-state index contributed by atoms with van der Waals surface area (Å²) in [6.07, 6.45) is 0. The quantitative estimate of drug-likeness (QED) is 0.558. The lowest BCUT2D eigenvalue weighted by Crippen LogP contribution is -2.16. The van der Waals surface area contributed by atoms with Crippen LogP contribution >= 0.6 is 0 Å². The molecule has 10 heavy (non-hydrogen) atoms.